The number of nitrogens with zero attached hydrogens (tertiary/aromatic N) is 4. The number of aryl methyl sites for hydroxylation is 1. The number of carbonyl (C=O) groups excluding carboxylic acids is 1. The van der Waals surface area contributed by atoms with E-state index in [0.717, 1.165) is 41.2 Å². The summed E-state index contributed by atoms with van der Waals surface area (Å²) >= 11 is 1.58. The summed E-state index contributed by atoms with van der Waals surface area (Å²) in [5.74, 6) is 0.300. The molecule has 0 saturated heterocycles. The predicted molar refractivity (Wildman–Crippen MR) is 113 cm³/mol. The summed E-state index contributed by atoms with van der Waals surface area (Å²) in [5.41, 5.74) is 2.71. The van der Waals surface area contributed by atoms with Crippen molar-refractivity contribution in [1.29, 1.82) is 0 Å². The Labute approximate surface area is 181 Å². The van der Waals surface area contributed by atoms with Crippen LogP contribution in [0, 0.1) is 5.82 Å². The van der Waals surface area contributed by atoms with E-state index >= 15 is 0 Å². The summed E-state index contributed by atoms with van der Waals surface area (Å²) < 4.78 is 20.5. The lowest BCUT2D eigenvalue weighted by Crippen LogP contribution is -2.27. The third-order valence-corrected chi connectivity index (χ3v) is 6.85. The summed E-state index contributed by atoms with van der Waals surface area (Å²) in [5, 5.41) is 15.2. The van der Waals surface area contributed by atoms with Crippen molar-refractivity contribution in [1.82, 2.24) is 25.5 Å². The van der Waals surface area contributed by atoms with E-state index in [0.29, 0.717) is 18.5 Å². The van der Waals surface area contributed by atoms with E-state index < -0.39 is 0 Å². The molecule has 5 rings (SSSR count). The first kappa shape index (κ1) is 19.6. The highest BCUT2D eigenvalue weighted by Crippen LogP contribution is 2.37. The normalized spacial score (nSPS) is 13.8. The van der Waals surface area contributed by atoms with Crippen LogP contribution in [0.4, 0.5) is 4.39 Å². The number of fused-ring (bicyclic) bond motifs is 1. The fraction of sp³-hybridized carbons (Fsp3) is 0.273. The van der Waals surface area contributed by atoms with Gasteiger partial charge in [-0.25, -0.2) is 4.39 Å². The molecule has 3 aromatic heterocycles. The molecule has 1 amide bonds. The van der Waals surface area contributed by atoms with Crippen LogP contribution in [0.5, 0.6) is 0 Å². The maximum absolute atomic E-state index is 13.4. The lowest BCUT2D eigenvalue weighted by atomic mass is 9.93. The van der Waals surface area contributed by atoms with Crippen molar-refractivity contribution in [3.05, 3.63) is 82.1 Å². The average molecular weight is 438 g/mol. The van der Waals surface area contributed by atoms with Crippen molar-refractivity contribution < 1.29 is 13.6 Å². The lowest BCUT2D eigenvalue weighted by Gasteiger charge is -2.16. The van der Waals surface area contributed by atoms with Gasteiger partial charge in [0.05, 0.1) is 11.8 Å². The van der Waals surface area contributed by atoms with Crippen molar-refractivity contribution >= 4 is 17.2 Å². The number of hydrogen-bond donors (Lipinski definition) is 1. The van der Waals surface area contributed by atoms with Crippen molar-refractivity contribution in [3.8, 4) is 5.00 Å². The van der Waals surface area contributed by atoms with Crippen LogP contribution in [0.3, 0.4) is 0 Å². The topological polar surface area (TPSA) is 85.8 Å². The highest BCUT2D eigenvalue weighted by Gasteiger charge is 2.28. The number of amides is 1. The van der Waals surface area contributed by atoms with Gasteiger partial charge in [0.15, 0.2) is 0 Å². The number of halogens is 1. The number of hydrogen-bond acceptors (Lipinski definition) is 6. The number of aromatic nitrogens is 4. The Kier molecular flexibility index (Phi) is 5.33. The highest BCUT2D eigenvalue weighted by molar-refractivity contribution is 7.15. The van der Waals surface area contributed by atoms with E-state index in [4.69, 9.17) is 4.42 Å². The van der Waals surface area contributed by atoms with Crippen LogP contribution in [-0.4, -0.2) is 32.7 Å². The maximum atomic E-state index is 13.4. The fourth-order valence-corrected chi connectivity index (χ4v) is 5.42. The minimum atomic E-state index is -0.281. The van der Waals surface area contributed by atoms with Gasteiger partial charge in [-0.2, -0.15) is 4.68 Å². The van der Waals surface area contributed by atoms with Gasteiger partial charge in [-0.3, -0.25) is 4.79 Å². The van der Waals surface area contributed by atoms with Gasteiger partial charge in [0.2, 0.25) is 0 Å². The molecule has 1 N–H and O–H groups in total. The van der Waals surface area contributed by atoms with Crippen LogP contribution >= 0.6 is 11.3 Å². The molecule has 1 atom stereocenters. The molecule has 3 heterocycles. The van der Waals surface area contributed by atoms with Crippen LogP contribution in [0.1, 0.15) is 50.9 Å². The van der Waals surface area contributed by atoms with E-state index in [1.165, 1.54) is 23.3 Å². The zero-order chi connectivity index (χ0) is 21.2. The summed E-state index contributed by atoms with van der Waals surface area (Å²) in [4.78, 5) is 14.4. The fourth-order valence-electron chi connectivity index (χ4n) is 4.12. The summed E-state index contributed by atoms with van der Waals surface area (Å²) in [6.45, 7) is 0.446. The minimum absolute atomic E-state index is 0.0805. The second kappa shape index (κ2) is 8.43. The number of tetrazole rings is 1. The van der Waals surface area contributed by atoms with Crippen molar-refractivity contribution in [2.75, 3.05) is 6.54 Å². The van der Waals surface area contributed by atoms with Crippen molar-refractivity contribution in [2.24, 2.45) is 0 Å². The quantitative estimate of drug-likeness (QED) is 0.474. The first-order valence-corrected chi connectivity index (χ1v) is 11.0. The Balaban J connectivity index is 1.34. The molecule has 0 saturated carbocycles. The molecule has 0 spiro atoms. The monoisotopic (exact) mass is 437 g/mol. The number of nitrogens with one attached hydrogen (secondary N) is 1. The third kappa shape index (κ3) is 3.88. The predicted octanol–water partition coefficient (Wildman–Crippen LogP) is 3.90. The van der Waals surface area contributed by atoms with Gasteiger partial charge >= 0.3 is 0 Å². The second-order valence-electron chi connectivity index (χ2n) is 7.46. The molecule has 0 radical (unpaired) electrons. The SMILES string of the molecule is O=C(NCC[C@H](c1ccc(F)cc1)c1ccco1)c1c(-n2cnnn2)sc2c1CCC2. The molecule has 1 aromatic carbocycles. The van der Waals surface area contributed by atoms with Gasteiger partial charge in [0.25, 0.3) is 5.91 Å². The van der Waals surface area contributed by atoms with Crippen LogP contribution < -0.4 is 5.32 Å². The number of carbonyl (C=O) groups is 1. The first-order valence-electron chi connectivity index (χ1n) is 10.2. The van der Waals surface area contributed by atoms with E-state index in [1.54, 1.807) is 34.4 Å². The number of thiophene rings is 1. The zero-order valence-electron chi connectivity index (χ0n) is 16.6. The van der Waals surface area contributed by atoms with Crippen molar-refractivity contribution in [2.45, 2.75) is 31.6 Å². The molecule has 9 heteroatoms. The standard InChI is InChI=1S/C22H20FN5O2S/c23-15-8-6-14(7-9-15)16(18-4-2-12-30-18)10-11-24-21(29)20-17-3-1-5-19(17)31-22(20)28-13-25-26-27-28/h2,4,6-9,12-13,16H,1,3,5,10-11H2,(H,24,29)/t16-/m1/s1. The van der Waals surface area contributed by atoms with Crippen LogP contribution in [0.25, 0.3) is 5.00 Å². The molecule has 0 unspecified atom stereocenters. The van der Waals surface area contributed by atoms with Crippen LogP contribution in [0.2, 0.25) is 0 Å². The number of rotatable bonds is 7. The smallest absolute Gasteiger partial charge is 0.254 e. The van der Waals surface area contributed by atoms with Gasteiger partial charge in [-0.1, -0.05) is 12.1 Å². The Morgan fingerprint density at radius 2 is 2.13 bits per heavy atom. The molecule has 158 valence electrons. The van der Waals surface area contributed by atoms with E-state index in [-0.39, 0.29) is 17.6 Å². The Hall–Kier alpha value is -3.33. The van der Waals surface area contributed by atoms with Gasteiger partial charge in [0, 0.05) is 17.3 Å². The Bertz CT molecular complexity index is 1170. The molecule has 31 heavy (non-hydrogen) atoms. The Morgan fingerprint density at radius 1 is 1.26 bits per heavy atom. The molecule has 1 aliphatic carbocycles. The van der Waals surface area contributed by atoms with Crippen molar-refractivity contribution in [3.63, 3.8) is 0 Å². The van der Waals surface area contributed by atoms with Gasteiger partial charge < -0.3 is 9.73 Å². The molecule has 0 bridgehead atoms. The largest absolute Gasteiger partial charge is 0.469 e. The molecule has 0 fully saturated rings. The van der Waals surface area contributed by atoms with E-state index in [9.17, 15) is 9.18 Å². The number of benzene rings is 1. The Morgan fingerprint density at radius 3 is 2.87 bits per heavy atom. The van der Waals surface area contributed by atoms with Gasteiger partial charge in [0.1, 0.15) is 22.9 Å². The van der Waals surface area contributed by atoms with Gasteiger partial charge in [-0.05, 0) is 71.5 Å². The molecular formula is C22H20FN5O2S. The highest BCUT2D eigenvalue weighted by atomic mass is 32.1. The van der Waals surface area contributed by atoms with Crippen LogP contribution in [-0.2, 0) is 12.8 Å². The van der Waals surface area contributed by atoms with Crippen LogP contribution in [0.15, 0.2) is 53.4 Å². The van der Waals surface area contributed by atoms with Gasteiger partial charge in [-0.15, -0.1) is 16.4 Å². The van der Waals surface area contributed by atoms with E-state index in [1.807, 2.05) is 12.1 Å². The average Bonchev–Trinajstić information content (AvgIpc) is 3.56. The van der Waals surface area contributed by atoms with E-state index in [2.05, 4.69) is 20.8 Å². The summed E-state index contributed by atoms with van der Waals surface area (Å²) in [7, 11) is 0. The molecule has 7 nitrogen and oxygen atoms in total. The number of furan rings is 1. The molecule has 4 aromatic rings. The molecule has 0 aliphatic heterocycles. The molecule has 1 aliphatic rings. The maximum Gasteiger partial charge on any atom is 0.254 e. The third-order valence-electron chi connectivity index (χ3n) is 5.56. The summed E-state index contributed by atoms with van der Waals surface area (Å²) in [6.07, 6.45) is 6.69. The lowest BCUT2D eigenvalue weighted by molar-refractivity contribution is 0.0952. The summed E-state index contributed by atoms with van der Waals surface area (Å²) in [6, 6.07) is 10.1. The molecular weight excluding hydrogens is 417 g/mol. The second-order valence-corrected chi connectivity index (χ2v) is 8.54. The minimum Gasteiger partial charge on any atom is -0.469 e. The first-order chi connectivity index (χ1) is 15.2. The zero-order valence-corrected chi connectivity index (χ0v) is 17.4.